The van der Waals surface area contributed by atoms with Crippen LogP contribution in [0.3, 0.4) is 0 Å². The molecule has 0 bridgehead atoms. The lowest BCUT2D eigenvalue weighted by Gasteiger charge is -2.15. The number of likely N-dealkylation sites (tertiary alicyclic amines) is 1. The second kappa shape index (κ2) is 8.39. The summed E-state index contributed by atoms with van der Waals surface area (Å²) < 4.78 is 5.31. The largest absolute Gasteiger partial charge is 0.361 e. The highest BCUT2D eigenvalue weighted by Crippen LogP contribution is 2.30. The van der Waals surface area contributed by atoms with Gasteiger partial charge in [-0.1, -0.05) is 35.5 Å². The Morgan fingerprint density at radius 2 is 2.00 bits per heavy atom. The molecule has 6 nitrogen and oxygen atoms in total. The maximum Gasteiger partial charge on any atom is 0.246 e. The van der Waals surface area contributed by atoms with Gasteiger partial charge in [0.1, 0.15) is 5.76 Å². The molecule has 0 N–H and O–H groups in total. The smallest absolute Gasteiger partial charge is 0.246 e. The maximum atomic E-state index is 12.6. The van der Waals surface area contributed by atoms with Crippen LogP contribution >= 0.6 is 0 Å². The average molecular weight is 388 g/mol. The fraction of sp³-hybridized carbons (Fsp3) is 0.304. The van der Waals surface area contributed by atoms with Crippen molar-refractivity contribution < 1.29 is 9.32 Å². The van der Waals surface area contributed by atoms with Crippen LogP contribution in [0.25, 0.3) is 17.3 Å². The van der Waals surface area contributed by atoms with E-state index in [2.05, 4.69) is 15.1 Å². The molecule has 3 aromatic rings. The Hall–Kier alpha value is -3.28. The molecule has 1 aliphatic rings. The molecule has 1 aliphatic heterocycles. The lowest BCUT2D eigenvalue weighted by Crippen LogP contribution is -2.27. The third-order valence-electron chi connectivity index (χ3n) is 5.34. The van der Waals surface area contributed by atoms with E-state index in [0.29, 0.717) is 5.92 Å². The molecule has 0 unspecified atom stereocenters. The van der Waals surface area contributed by atoms with E-state index in [0.717, 1.165) is 59.9 Å². The molecule has 148 valence electrons. The molecule has 4 rings (SSSR count). The summed E-state index contributed by atoms with van der Waals surface area (Å²) in [5, 5.41) is 4.04. The summed E-state index contributed by atoms with van der Waals surface area (Å²) in [6.07, 6.45) is 8.69. The zero-order chi connectivity index (χ0) is 20.2. The molecule has 1 saturated heterocycles. The van der Waals surface area contributed by atoms with Crippen LogP contribution in [-0.2, 0) is 11.2 Å². The van der Waals surface area contributed by atoms with Crippen LogP contribution in [0.4, 0.5) is 0 Å². The highest BCUT2D eigenvalue weighted by Gasteiger charge is 2.27. The lowest BCUT2D eigenvalue weighted by atomic mass is 9.98. The zero-order valence-electron chi connectivity index (χ0n) is 16.7. The summed E-state index contributed by atoms with van der Waals surface area (Å²) in [5.41, 5.74) is 4.53. The Morgan fingerprint density at radius 3 is 2.76 bits per heavy atom. The van der Waals surface area contributed by atoms with Gasteiger partial charge in [-0.25, -0.2) is 0 Å². The Morgan fingerprint density at radius 1 is 1.21 bits per heavy atom. The molecule has 2 aromatic heterocycles. The first-order valence-electron chi connectivity index (χ1n) is 9.87. The predicted octanol–water partition coefficient (Wildman–Crippen LogP) is 3.85. The monoisotopic (exact) mass is 388 g/mol. The molecule has 0 spiro atoms. The summed E-state index contributed by atoms with van der Waals surface area (Å²) in [6.45, 7) is 5.31. The van der Waals surface area contributed by atoms with Gasteiger partial charge in [0.05, 0.1) is 22.6 Å². The number of rotatable bonds is 5. The number of hydrogen-bond acceptors (Lipinski definition) is 5. The summed E-state index contributed by atoms with van der Waals surface area (Å²) in [5.74, 6) is 1.17. The van der Waals surface area contributed by atoms with Gasteiger partial charge in [0.25, 0.3) is 0 Å². The number of aromatic nitrogens is 3. The number of carbonyl (C=O) groups is 1. The van der Waals surface area contributed by atoms with Gasteiger partial charge in [-0.05, 0) is 44.2 Å². The molecule has 6 heteroatoms. The van der Waals surface area contributed by atoms with Crippen molar-refractivity contribution in [3.63, 3.8) is 0 Å². The minimum absolute atomic E-state index is 0.0569. The summed E-state index contributed by atoms with van der Waals surface area (Å²) in [6, 6.07) is 9.87. The number of carbonyl (C=O) groups excluding carboxylic acids is 1. The van der Waals surface area contributed by atoms with Crippen LogP contribution in [0, 0.1) is 19.8 Å². The number of hydrogen-bond donors (Lipinski definition) is 0. The van der Waals surface area contributed by atoms with E-state index in [1.807, 2.05) is 55.2 Å². The van der Waals surface area contributed by atoms with Crippen LogP contribution in [0.5, 0.6) is 0 Å². The standard InChI is InChI=1S/C23H24N4O2/c1-16-22(17(2)29-26-16)23-20(24-11-12-25-23)14-19-10-13-27(15-19)21(28)9-8-18-6-4-3-5-7-18/h3-9,11-12,19H,10,13-15H2,1-2H3/b9-8+/t19-/m0/s1. The molecule has 1 atom stereocenters. The third kappa shape index (κ3) is 4.26. The summed E-state index contributed by atoms with van der Waals surface area (Å²) in [4.78, 5) is 23.6. The first-order valence-corrected chi connectivity index (χ1v) is 9.87. The molecule has 0 saturated carbocycles. The first kappa shape index (κ1) is 19.1. The van der Waals surface area contributed by atoms with Crippen molar-refractivity contribution >= 4 is 12.0 Å². The van der Waals surface area contributed by atoms with E-state index < -0.39 is 0 Å². The van der Waals surface area contributed by atoms with Crippen molar-refractivity contribution in [2.24, 2.45) is 5.92 Å². The van der Waals surface area contributed by atoms with Gasteiger partial charge < -0.3 is 9.42 Å². The second-order valence-electron chi connectivity index (χ2n) is 7.44. The van der Waals surface area contributed by atoms with Crippen LogP contribution in [0.1, 0.15) is 29.1 Å². The van der Waals surface area contributed by atoms with E-state index in [1.165, 1.54) is 0 Å². The molecule has 1 aromatic carbocycles. The van der Waals surface area contributed by atoms with Crippen molar-refractivity contribution in [2.75, 3.05) is 13.1 Å². The maximum absolute atomic E-state index is 12.6. The van der Waals surface area contributed by atoms with Gasteiger partial charge in [-0.3, -0.25) is 14.8 Å². The zero-order valence-corrected chi connectivity index (χ0v) is 16.7. The van der Waals surface area contributed by atoms with Gasteiger partial charge in [-0.15, -0.1) is 0 Å². The van der Waals surface area contributed by atoms with Crippen molar-refractivity contribution in [1.82, 2.24) is 20.0 Å². The van der Waals surface area contributed by atoms with Crippen molar-refractivity contribution in [2.45, 2.75) is 26.7 Å². The van der Waals surface area contributed by atoms with E-state index in [1.54, 1.807) is 18.5 Å². The highest BCUT2D eigenvalue weighted by molar-refractivity contribution is 5.91. The topological polar surface area (TPSA) is 72.1 Å². The van der Waals surface area contributed by atoms with E-state index in [9.17, 15) is 4.79 Å². The minimum atomic E-state index is 0.0569. The van der Waals surface area contributed by atoms with Crippen LogP contribution in [-0.4, -0.2) is 39.0 Å². The predicted molar refractivity (Wildman–Crippen MR) is 111 cm³/mol. The quantitative estimate of drug-likeness (QED) is 0.621. The molecule has 0 radical (unpaired) electrons. The molecule has 3 heterocycles. The van der Waals surface area contributed by atoms with Gasteiger partial charge in [0.15, 0.2) is 0 Å². The van der Waals surface area contributed by atoms with E-state index in [4.69, 9.17) is 4.52 Å². The van der Waals surface area contributed by atoms with Crippen molar-refractivity contribution in [3.8, 4) is 11.3 Å². The average Bonchev–Trinajstić information content (AvgIpc) is 3.34. The number of amides is 1. The molecule has 29 heavy (non-hydrogen) atoms. The second-order valence-corrected chi connectivity index (χ2v) is 7.44. The molecular weight excluding hydrogens is 364 g/mol. The van der Waals surface area contributed by atoms with Gasteiger partial charge in [-0.2, -0.15) is 0 Å². The Bertz CT molecular complexity index is 1010. The summed E-state index contributed by atoms with van der Waals surface area (Å²) >= 11 is 0. The Balaban J connectivity index is 1.44. The van der Waals surface area contributed by atoms with Crippen molar-refractivity contribution in [1.29, 1.82) is 0 Å². The fourth-order valence-electron chi connectivity index (χ4n) is 3.86. The fourth-order valence-corrected chi connectivity index (χ4v) is 3.86. The highest BCUT2D eigenvalue weighted by atomic mass is 16.5. The minimum Gasteiger partial charge on any atom is -0.361 e. The van der Waals surface area contributed by atoms with Gasteiger partial charge >= 0.3 is 0 Å². The summed E-state index contributed by atoms with van der Waals surface area (Å²) in [7, 11) is 0. The molecular formula is C23H24N4O2. The number of nitrogens with zero attached hydrogens (tertiary/aromatic N) is 4. The normalized spacial score (nSPS) is 16.6. The van der Waals surface area contributed by atoms with E-state index in [-0.39, 0.29) is 5.91 Å². The molecule has 1 amide bonds. The Kier molecular flexibility index (Phi) is 5.51. The van der Waals surface area contributed by atoms with Crippen LogP contribution in [0.15, 0.2) is 53.3 Å². The van der Waals surface area contributed by atoms with Crippen molar-refractivity contribution in [3.05, 3.63) is 71.5 Å². The third-order valence-corrected chi connectivity index (χ3v) is 5.34. The first-order chi connectivity index (χ1) is 14.1. The van der Waals surface area contributed by atoms with Crippen LogP contribution in [0.2, 0.25) is 0 Å². The SMILES string of the molecule is Cc1noc(C)c1-c1nccnc1C[C@@H]1CCN(C(=O)/C=C/c2ccccc2)C1. The lowest BCUT2D eigenvalue weighted by molar-refractivity contribution is -0.125. The van der Waals surface area contributed by atoms with Crippen LogP contribution < -0.4 is 0 Å². The van der Waals surface area contributed by atoms with E-state index >= 15 is 0 Å². The molecule has 1 fully saturated rings. The Labute approximate surface area is 170 Å². The number of aryl methyl sites for hydroxylation is 2. The van der Waals surface area contributed by atoms with Gasteiger partial charge in [0, 0.05) is 31.6 Å². The van der Waals surface area contributed by atoms with Gasteiger partial charge in [0.2, 0.25) is 5.91 Å². The molecule has 0 aliphatic carbocycles. The number of benzene rings is 1.